The Balaban J connectivity index is 1.64. The maximum absolute atomic E-state index is 10.8. The Labute approximate surface area is 170 Å². The third-order valence-corrected chi connectivity index (χ3v) is 6.29. The molecular weight excluding hydrogens is 364 g/mol. The molecule has 0 saturated carbocycles. The zero-order chi connectivity index (χ0) is 20.1. The van der Waals surface area contributed by atoms with Crippen molar-refractivity contribution in [3.8, 4) is 23.0 Å². The van der Waals surface area contributed by atoms with E-state index in [1.54, 1.807) is 13.2 Å². The van der Waals surface area contributed by atoms with E-state index in [0.717, 1.165) is 17.1 Å². The summed E-state index contributed by atoms with van der Waals surface area (Å²) in [5.74, 6) is 3.13. The number of hydrogen-bond donors (Lipinski definition) is 1. The number of ether oxygens (including phenoxy) is 3. The smallest absolute Gasteiger partial charge is 0.231 e. The second kappa shape index (κ2) is 6.73. The Hall–Kier alpha value is -3.14. The van der Waals surface area contributed by atoms with Crippen LogP contribution in [0.15, 0.2) is 54.6 Å². The lowest BCUT2D eigenvalue weighted by Crippen LogP contribution is -2.11. The van der Waals surface area contributed by atoms with Gasteiger partial charge in [-0.05, 0) is 47.7 Å². The number of aromatic hydroxyl groups is 1. The zero-order valence-electron chi connectivity index (χ0n) is 16.8. The molecule has 1 heterocycles. The fourth-order valence-electron chi connectivity index (χ4n) is 4.96. The molecule has 0 radical (unpaired) electrons. The molecule has 148 valence electrons. The second-order valence-electron chi connectivity index (χ2n) is 7.98. The molecule has 4 heteroatoms. The molecule has 0 aromatic heterocycles. The van der Waals surface area contributed by atoms with Crippen molar-refractivity contribution in [2.24, 2.45) is 5.92 Å². The van der Waals surface area contributed by atoms with Crippen LogP contribution < -0.4 is 14.2 Å². The van der Waals surface area contributed by atoms with Gasteiger partial charge in [0.1, 0.15) is 11.5 Å². The predicted octanol–water partition coefficient (Wildman–Crippen LogP) is 5.35. The standard InChI is InChI=1S/C25H24O4/c1-14-4-7-18-20(10-14)25(19-8-6-17(27-3)12-21(19)26)15(2)24(18)16-5-9-22-23(11-16)29-13-28-22/h4-12,15,24-26H,13H2,1-3H3/t15-,24+,25-/m1/s1. The van der Waals surface area contributed by atoms with E-state index >= 15 is 0 Å². The number of benzene rings is 3. The lowest BCUT2D eigenvalue weighted by atomic mass is 9.80. The van der Waals surface area contributed by atoms with Crippen LogP contribution in [0.3, 0.4) is 0 Å². The summed E-state index contributed by atoms with van der Waals surface area (Å²) in [6.45, 7) is 4.65. The van der Waals surface area contributed by atoms with Crippen molar-refractivity contribution < 1.29 is 19.3 Å². The highest BCUT2D eigenvalue weighted by molar-refractivity contribution is 5.57. The third kappa shape index (κ3) is 2.82. The minimum atomic E-state index is 0.103. The Kier molecular flexibility index (Phi) is 4.16. The van der Waals surface area contributed by atoms with E-state index in [-0.39, 0.29) is 30.3 Å². The summed E-state index contributed by atoms with van der Waals surface area (Å²) in [5, 5.41) is 10.8. The first kappa shape index (κ1) is 17.9. The average molecular weight is 388 g/mol. The molecule has 0 fully saturated rings. The predicted molar refractivity (Wildman–Crippen MR) is 111 cm³/mol. The van der Waals surface area contributed by atoms with E-state index in [0.29, 0.717) is 5.75 Å². The summed E-state index contributed by atoms with van der Waals surface area (Å²) in [4.78, 5) is 0. The Morgan fingerprint density at radius 1 is 0.862 bits per heavy atom. The van der Waals surface area contributed by atoms with Gasteiger partial charge in [-0.2, -0.15) is 0 Å². The lowest BCUT2D eigenvalue weighted by molar-refractivity contribution is 0.174. The third-order valence-electron chi connectivity index (χ3n) is 6.29. The highest BCUT2D eigenvalue weighted by atomic mass is 16.7. The molecule has 3 aromatic carbocycles. The quantitative estimate of drug-likeness (QED) is 0.657. The molecule has 2 aliphatic rings. The van der Waals surface area contributed by atoms with E-state index in [2.05, 4.69) is 44.2 Å². The molecule has 0 saturated heterocycles. The Morgan fingerprint density at radius 2 is 1.66 bits per heavy atom. The first-order valence-corrected chi connectivity index (χ1v) is 9.93. The molecule has 1 aliphatic heterocycles. The molecule has 0 spiro atoms. The van der Waals surface area contributed by atoms with E-state index in [1.165, 1.54) is 22.3 Å². The summed E-state index contributed by atoms with van der Waals surface area (Å²) in [5.41, 5.74) is 5.96. The van der Waals surface area contributed by atoms with Crippen molar-refractivity contribution in [3.63, 3.8) is 0 Å². The van der Waals surface area contributed by atoms with Crippen LogP contribution in [0.1, 0.15) is 46.6 Å². The van der Waals surface area contributed by atoms with Crippen molar-refractivity contribution in [2.45, 2.75) is 25.7 Å². The monoisotopic (exact) mass is 388 g/mol. The minimum absolute atomic E-state index is 0.103. The van der Waals surface area contributed by atoms with Crippen molar-refractivity contribution in [3.05, 3.63) is 82.4 Å². The Bertz CT molecular complexity index is 1090. The van der Waals surface area contributed by atoms with E-state index < -0.39 is 0 Å². The van der Waals surface area contributed by atoms with Crippen molar-refractivity contribution in [1.82, 2.24) is 0 Å². The van der Waals surface area contributed by atoms with Crippen molar-refractivity contribution >= 4 is 0 Å². The largest absolute Gasteiger partial charge is 0.508 e. The number of fused-ring (bicyclic) bond motifs is 2. The number of methoxy groups -OCH3 is 1. The van der Waals surface area contributed by atoms with Crippen LogP contribution in [0.5, 0.6) is 23.0 Å². The summed E-state index contributed by atoms with van der Waals surface area (Å²) in [7, 11) is 1.61. The van der Waals surface area contributed by atoms with Gasteiger partial charge in [-0.15, -0.1) is 0 Å². The molecule has 4 nitrogen and oxygen atoms in total. The number of phenols is 1. The van der Waals surface area contributed by atoms with Crippen LogP contribution in [0, 0.1) is 12.8 Å². The van der Waals surface area contributed by atoms with Crippen LogP contribution in [-0.2, 0) is 0 Å². The van der Waals surface area contributed by atoms with Crippen LogP contribution in [0.25, 0.3) is 0 Å². The normalized spacial score (nSPS) is 21.8. The van der Waals surface area contributed by atoms with Gasteiger partial charge in [-0.3, -0.25) is 0 Å². The SMILES string of the molecule is COc1ccc([C@@H]2c3cc(C)ccc3[C@H](c3ccc4c(c3)OCO4)[C@H]2C)c(O)c1. The average Bonchev–Trinajstić information content (AvgIpc) is 3.29. The maximum Gasteiger partial charge on any atom is 0.231 e. The van der Waals surface area contributed by atoms with Gasteiger partial charge >= 0.3 is 0 Å². The minimum Gasteiger partial charge on any atom is -0.508 e. The van der Waals surface area contributed by atoms with Crippen molar-refractivity contribution in [2.75, 3.05) is 13.9 Å². The lowest BCUT2D eigenvalue weighted by Gasteiger charge is -2.23. The van der Waals surface area contributed by atoms with Crippen LogP contribution >= 0.6 is 0 Å². The molecule has 3 atom stereocenters. The van der Waals surface area contributed by atoms with E-state index in [4.69, 9.17) is 14.2 Å². The van der Waals surface area contributed by atoms with Gasteiger partial charge in [0.15, 0.2) is 11.5 Å². The van der Waals surface area contributed by atoms with Gasteiger partial charge in [-0.25, -0.2) is 0 Å². The maximum atomic E-state index is 10.8. The van der Waals surface area contributed by atoms with Crippen LogP contribution in [0.2, 0.25) is 0 Å². The van der Waals surface area contributed by atoms with Gasteiger partial charge in [0.05, 0.1) is 7.11 Å². The number of hydrogen-bond acceptors (Lipinski definition) is 4. The Morgan fingerprint density at radius 3 is 2.45 bits per heavy atom. The van der Waals surface area contributed by atoms with E-state index in [9.17, 15) is 5.11 Å². The fourth-order valence-corrected chi connectivity index (χ4v) is 4.96. The first-order valence-electron chi connectivity index (χ1n) is 9.93. The topological polar surface area (TPSA) is 47.9 Å². The van der Waals surface area contributed by atoms with Crippen molar-refractivity contribution in [1.29, 1.82) is 0 Å². The highest BCUT2D eigenvalue weighted by Gasteiger charge is 2.41. The van der Waals surface area contributed by atoms with Gasteiger partial charge in [-0.1, -0.05) is 42.8 Å². The zero-order valence-corrected chi connectivity index (χ0v) is 16.8. The first-order chi connectivity index (χ1) is 14.1. The summed E-state index contributed by atoms with van der Waals surface area (Å²) in [6, 6.07) is 18.5. The molecule has 1 aliphatic carbocycles. The molecular formula is C25H24O4. The second-order valence-corrected chi connectivity index (χ2v) is 7.98. The van der Waals surface area contributed by atoms with Crippen LogP contribution in [-0.4, -0.2) is 19.0 Å². The molecule has 3 aromatic rings. The van der Waals surface area contributed by atoms with E-state index in [1.807, 2.05) is 18.2 Å². The van der Waals surface area contributed by atoms with Gasteiger partial charge in [0, 0.05) is 23.5 Å². The fraction of sp³-hybridized carbons (Fsp3) is 0.280. The number of aryl methyl sites for hydroxylation is 1. The molecule has 29 heavy (non-hydrogen) atoms. The van der Waals surface area contributed by atoms with Crippen LogP contribution in [0.4, 0.5) is 0 Å². The molecule has 5 rings (SSSR count). The highest BCUT2D eigenvalue weighted by Crippen LogP contribution is 2.55. The summed E-state index contributed by atoms with van der Waals surface area (Å²) < 4.78 is 16.4. The summed E-state index contributed by atoms with van der Waals surface area (Å²) in [6.07, 6.45) is 0. The van der Waals surface area contributed by atoms with Gasteiger partial charge < -0.3 is 19.3 Å². The molecule has 0 amide bonds. The molecule has 0 bridgehead atoms. The molecule has 0 unspecified atom stereocenters. The molecule has 1 N–H and O–H groups in total. The van der Waals surface area contributed by atoms with Gasteiger partial charge in [0.25, 0.3) is 0 Å². The number of rotatable bonds is 3. The van der Waals surface area contributed by atoms with Gasteiger partial charge in [0.2, 0.25) is 6.79 Å². The summed E-state index contributed by atoms with van der Waals surface area (Å²) >= 11 is 0. The number of phenolic OH excluding ortho intramolecular Hbond substituents is 1.